The molecule has 1 atom stereocenters. The molecule has 0 saturated heterocycles. The van der Waals surface area contributed by atoms with Crippen LogP contribution in [0.1, 0.15) is 41.0 Å². The summed E-state index contributed by atoms with van der Waals surface area (Å²) >= 11 is 14.1. The van der Waals surface area contributed by atoms with Crippen LogP contribution >= 0.6 is 45.8 Å². The fourth-order valence-electron chi connectivity index (χ4n) is 2.10. The number of rotatable bonds is 5. The number of amides is 2. The molecule has 25 heavy (non-hydrogen) atoms. The topological polar surface area (TPSA) is 58.2 Å². The van der Waals surface area contributed by atoms with Crippen LogP contribution in [0.2, 0.25) is 10.0 Å². The highest BCUT2D eigenvalue weighted by atomic mass is 127. The molecule has 0 heterocycles. The number of halogens is 3. The maximum Gasteiger partial charge on any atom is 0.256 e. The molecule has 1 unspecified atom stereocenters. The van der Waals surface area contributed by atoms with Gasteiger partial charge < -0.3 is 10.6 Å². The Kier molecular flexibility index (Phi) is 7.10. The largest absolute Gasteiger partial charge is 0.350 e. The van der Waals surface area contributed by atoms with Crippen LogP contribution < -0.4 is 10.6 Å². The van der Waals surface area contributed by atoms with E-state index in [0.717, 1.165) is 6.42 Å². The number of benzene rings is 2. The molecule has 132 valence electrons. The van der Waals surface area contributed by atoms with E-state index in [-0.39, 0.29) is 17.9 Å². The Bertz CT molecular complexity index is 812. The summed E-state index contributed by atoms with van der Waals surface area (Å²) in [4.78, 5) is 25.0. The first-order valence-electron chi connectivity index (χ1n) is 7.69. The van der Waals surface area contributed by atoms with E-state index in [1.807, 2.05) is 36.4 Å². The first kappa shape index (κ1) is 20.0. The van der Waals surface area contributed by atoms with Crippen LogP contribution in [-0.2, 0) is 0 Å². The minimum Gasteiger partial charge on any atom is -0.350 e. The molecular weight excluding hydrogens is 474 g/mol. The number of carbonyl (C=O) groups excluding carboxylic acids is 2. The summed E-state index contributed by atoms with van der Waals surface area (Å²) in [6, 6.07) is 10.0. The van der Waals surface area contributed by atoms with Crippen LogP contribution in [0.5, 0.6) is 0 Å². The molecule has 2 aromatic carbocycles. The summed E-state index contributed by atoms with van der Waals surface area (Å²) in [7, 11) is 0. The van der Waals surface area contributed by atoms with Crippen molar-refractivity contribution in [3.63, 3.8) is 0 Å². The fourth-order valence-corrected chi connectivity index (χ4v) is 3.15. The second-order valence-corrected chi connectivity index (χ2v) is 7.45. The van der Waals surface area contributed by atoms with Gasteiger partial charge in [-0.15, -0.1) is 0 Å². The van der Waals surface area contributed by atoms with Crippen molar-refractivity contribution in [1.29, 1.82) is 0 Å². The molecule has 4 nitrogen and oxygen atoms in total. The lowest BCUT2D eigenvalue weighted by molar-refractivity contribution is 0.0940. The van der Waals surface area contributed by atoms with Crippen LogP contribution in [-0.4, -0.2) is 17.9 Å². The van der Waals surface area contributed by atoms with Gasteiger partial charge in [-0.3, -0.25) is 9.59 Å². The summed E-state index contributed by atoms with van der Waals surface area (Å²) in [6.45, 7) is 3.92. The maximum absolute atomic E-state index is 12.6. The van der Waals surface area contributed by atoms with Crippen molar-refractivity contribution in [1.82, 2.24) is 5.32 Å². The van der Waals surface area contributed by atoms with Crippen molar-refractivity contribution < 1.29 is 9.59 Å². The first-order chi connectivity index (χ1) is 11.8. The van der Waals surface area contributed by atoms with Crippen LogP contribution in [0, 0.1) is 3.57 Å². The normalized spacial score (nSPS) is 11.7. The maximum atomic E-state index is 12.6. The van der Waals surface area contributed by atoms with Crippen LogP contribution in [0.15, 0.2) is 36.4 Å². The van der Waals surface area contributed by atoms with E-state index in [0.29, 0.717) is 30.4 Å². The van der Waals surface area contributed by atoms with E-state index in [9.17, 15) is 9.59 Å². The van der Waals surface area contributed by atoms with Gasteiger partial charge in [0.2, 0.25) is 0 Å². The van der Waals surface area contributed by atoms with Crippen molar-refractivity contribution in [2.75, 3.05) is 5.32 Å². The van der Waals surface area contributed by atoms with Gasteiger partial charge in [0.25, 0.3) is 11.8 Å². The molecule has 0 fully saturated rings. The van der Waals surface area contributed by atoms with Crippen LogP contribution in [0.3, 0.4) is 0 Å². The lowest BCUT2D eigenvalue weighted by Gasteiger charge is -2.15. The molecule has 2 aromatic rings. The smallest absolute Gasteiger partial charge is 0.256 e. The van der Waals surface area contributed by atoms with Crippen molar-refractivity contribution in [3.05, 3.63) is 61.1 Å². The zero-order valence-corrected chi connectivity index (χ0v) is 17.4. The van der Waals surface area contributed by atoms with Gasteiger partial charge in [-0.05, 0) is 60.2 Å². The predicted molar refractivity (Wildman–Crippen MR) is 111 cm³/mol. The van der Waals surface area contributed by atoms with E-state index in [4.69, 9.17) is 23.2 Å². The number of para-hydroxylation sites is 1. The molecule has 2 rings (SSSR count). The van der Waals surface area contributed by atoms with Crippen molar-refractivity contribution in [2.45, 2.75) is 26.3 Å². The van der Waals surface area contributed by atoms with E-state index < -0.39 is 0 Å². The number of hydrogen-bond donors (Lipinski definition) is 2. The van der Waals surface area contributed by atoms with Gasteiger partial charge in [0.15, 0.2) is 0 Å². The summed E-state index contributed by atoms with van der Waals surface area (Å²) < 4.78 is 0.600. The second kappa shape index (κ2) is 8.87. The van der Waals surface area contributed by atoms with Crippen molar-refractivity contribution in [3.8, 4) is 0 Å². The molecule has 2 N–H and O–H groups in total. The van der Waals surface area contributed by atoms with Gasteiger partial charge in [-0.1, -0.05) is 42.3 Å². The molecule has 0 aliphatic rings. The number of hydrogen-bond acceptors (Lipinski definition) is 2. The third kappa shape index (κ3) is 5.09. The number of carbonyl (C=O) groups is 2. The third-order valence-electron chi connectivity index (χ3n) is 3.65. The van der Waals surface area contributed by atoms with E-state index in [2.05, 4.69) is 10.6 Å². The average Bonchev–Trinajstić information content (AvgIpc) is 2.58. The highest BCUT2D eigenvalue weighted by Crippen LogP contribution is 2.28. The van der Waals surface area contributed by atoms with Gasteiger partial charge in [0, 0.05) is 14.6 Å². The Morgan fingerprint density at radius 2 is 1.80 bits per heavy atom. The Morgan fingerprint density at radius 1 is 1.12 bits per heavy atom. The molecule has 0 aliphatic heterocycles. The molecular formula is C18H17Cl2IN2O2. The Morgan fingerprint density at radius 3 is 2.48 bits per heavy atom. The molecule has 0 aliphatic carbocycles. The summed E-state index contributed by atoms with van der Waals surface area (Å²) in [5.74, 6) is -0.610. The zero-order chi connectivity index (χ0) is 18.6. The van der Waals surface area contributed by atoms with Gasteiger partial charge in [0.1, 0.15) is 0 Å². The van der Waals surface area contributed by atoms with E-state index >= 15 is 0 Å². The Balaban J connectivity index is 2.29. The standard InChI is InChI=1S/C18H17Cl2IN2O2/c1-3-10(2)22-17(24)12-6-4-5-7-15(12)23-18(25)13-8-11(19)9-14(20)16(13)21/h4-10H,3H2,1-2H3,(H,22,24)(H,23,25). The van der Waals surface area contributed by atoms with Crippen molar-refractivity contribution >= 4 is 63.3 Å². The lowest BCUT2D eigenvalue weighted by atomic mass is 10.1. The summed E-state index contributed by atoms with van der Waals surface area (Å²) in [5, 5.41) is 6.44. The highest BCUT2D eigenvalue weighted by molar-refractivity contribution is 14.1. The summed E-state index contributed by atoms with van der Waals surface area (Å²) in [5.41, 5.74) is 1.19. The Hall–Kier alpha value is -1.31. The van der Waals surface area contributed by atoms with Crippen LogP contribution in [0.25, 0.3) is 0 Å². The molecule has 0 radical (unpaired) electrons. The van der Waals surface area contributed by atoms with Gasteiger partial charge in [-0.2, -0.15) is 0 Å². The third-order valence-corrected chi connectivity index (χ3v) is 5.64. The monoisotopic (exact) mass is 490 g/mol. The number of nitrogens with one attached hydrogen (secondary N) is 2. The molecule has 0 bridgehead atoms. The van der Waals surface area contributed by atoms with Gasteiger partial charge in [0.05, 0.1) is 21.8 Å². The highest BCUT2D eigenvalue weighted by Gasteiger charge is 2.18. The van der Waals surface area contributed by atoms with Crippen molar-refractivity contribution in [2.24, 2.45) is 0 Å². The quantitative estimate of drug-likeness (QED) is 0.436. The van der Waals surface area contributed by atoms with E-state index in [1.54, 1.807) is 36.4 Å². The predicted octanol–water partition coefficient (Wildman–Crippen LogP) is 5.38. The number of anilines is 1. The first-order valence-corrected chi connectivity index (χ1v) is 9.52. The van der Waals surface area contributed by atoms with E-state index in [1.165, 1.54) is 0 Å². The zero-order valence-electron chi connectivity index (χ0n) is 13.7. The Labute approximate surface area is 170 Å². The average molecular weight is 491 g/mol. The molecule has 0 spiro atoms. The lowest BCUT2D eigenvalue weighted by Crippen LogP contribution is -2.32. The minimum atomic E-state index is -0.377. The molecule has 0 saturated carbocycles. The fraction of sp³-hybridized carbons (Fsp3) is 0.222. The van der Waals surface area contributed by atoms with Gasteiger partial charge in [-0.25, -0.2) is 0 Å². The summed E-state index contributed by atoms with van der Waals surface area (Å²) in [6.07, 6.45) is 0.819. The minimum absolute atomic E-state index is 0.0453. The van der Waals surface area contributed by atoms with Crippen LogP contribution in [0.4, 0.5) is 5.69 Å². The second-order valence-electron chi connectivity index (χ2n) is 5.53. The molecule has 2 amide bonds. The van der Waals surface area contributed by atoms with Gasteiger partial charge >= 0.3 is 0 Å². The SMILES string of the molecule is CCC(C)NC(=O)c1ccccc1NC(=O)c1cc(Cl)cc(Cl)c1I. The molecule has 7 heteroatoms. The molecule has 0 aromatic heterocycles.